The number of carbonyl (C=O) groups is 3. The van der Waals surface area contributed by atoms with Crippen LogP contribution in [0, 0.1) is 11.8 Å². The summed E-state index contributed by atoms with van der Waals surface area (Å²) < 4.78 is 5.46. The molecule has 7 nitrogen and oxygen atoms in total. The highest BCUT2D eigenvalue weighted by Crippen LogP contribution is 2.35. The highest BCUT2D eigenvalue weighted by molar-refractivity contribution is 5.86. The molecule has 2 fully saturated rings. The summed E-state index contributed by atoms with van der Waals surface area (Å²) >= 11 is 0. The summed E-state index contributed by atoms with van der Waals surface area (Å²) in [5, 5.41) is 9.54. The van der Waals surface area contributed by atoms with Crippen LogP contribution >= 0.6 is 0 Å². The van der Waals surface area contributed by atoms with E-state index in [9.17, 15) is 19.5 Å². The van der Waals surface area contributed by atoms with Crippen LogP contribution in [0.25, 0.3) is 0 Å². The lowest BCUT2D eigenvalue weighted by Crippen LogP contribution is -2.55. The average Bonchev–Trinajstić information content (AvgIpc) is 3.17. The van der Waals surface area contributed by atoms with E-state index < -0.39 is 17.8 Å². The molecule has 2 amide bonds. The molecule has 0 spiro atoms. The van der Waals surface area contributed by atoms with Crippen LogP contribution in [0.3, 0.4) is 0 Å². The van der Waals surface area contributed by atoms with Crippen LogP contribution in [0.1, 0.15) is 39.5 Å². The van der Waals surface area contributed by atoms with Crippen LogP contribution in [-0.2, 0) is 19.1 Å². The van der Waals surface area contributed by atoms with Crippen molar-refractivity contribution in [2.75, 3.05) is 32.8 Å². The Morgan fingerprint density at radius 2 is 1.46 bits per heavy atom. The van der Waals surface area contributed by atoms with Gasteiger partial charge >= 0.3 is 5.97 Å². The predicted molar refractivity (Wildman–Crippen MR) is 94.4 cm³/mol. The van der Waals surface area contributed by atoms with Gasteiger partial charge in [-0.15, -0.1) is 0 Å². The van der Waals surface area contributed by atoms with Crippen LogP contribution in [-0.4, -0.2) is 71.6 Å². The summed E-state index contributed by atoms with van der Waals surface area (Å²) in [7, 11) is 0. The number of aliphatic carboxylic acids is 1. The third kappa shape index (κ3) is 3.77. The van der Waals surface area contributed by atoms with Crippen molar-refractivity contribution >= 4 is 17.8 Å². The van der Waals surface area contributed by atoms with Crippen molar-refractivity contribution in [2.24, 2.45) is 11.8 Å². The molecule has 3 rings (SSSR count). The van der Waals surface area contributed by atoms with E-state index in [-0.39, 0.29) is 17.9 Å². The Balaban J connectivity index is 1.60. The van der Waals surface area contributed by atoms with Crippen molar-refractivity contribution in [3.8, 4) is 0 Å². The minimum Gasteiger partial charge on any atom is -0.481 e. The lowest BCUT2D eigenvalue weighted by molar-refractivity contribution is -0.153. The lowest BCUT2D eigenvalue weighted by atomic mass is 9.76. The third-order valence-electron chi connectivity index (χ3n) is 6.01. The number of ether oxygens (including phenoxy) is 1. The molecule has 7 heteroatoms. The van der Waals surface area contributed by atoms with Crippen molar-refractivity contribution in [1.82, 2.24) is 9.80 Å². The van der Waals surface area contributed by atoms with Crippen LogP contribution < -0.4 is 0 Å². The zero-order valence-electron chi connectivity index (χ0n) is 15.6. The SMILES string of the molecule is CC1=C(C)C[C@@H](C(=O)O)[C@@H](C(=O)N2CCN(C(=O)[C@@H]3CCCO3)CC2)C1. The van der Waals surface area contributed by atoms with E-state index in [0.29, 0.717) is 45.6 Å². The number of carboxylic acid groups (broad SMARTS) is 1. The summed E-state index contributed by atoms with van der Waals surface area (Å²) in [5.41, 5.74) is 2.20. The molecule has 2 heterocycles. The van der Waals surface area contributed by atoms with E-state index in [1.54, 1.807) is 9.80 Å². The molecule has 0 aromatic rings. The Kier molecular flexibility index (Phi) is 5.65. The second-order valence-corrected chi connectivity index (χ2v) is 7.67. The Morgan fingerprint density at radius 1 is 0.923 bits per heavy atom. The fourth-order valence-corrected chi connectivity index (χ4v) is 4.17. The van der Waals surface area contributed by atoms with Crippen molar-refractivity contribution in [3.05, 3.63) is 11.1 Å². The molecule has 3 aliphatic rings. The van der Waals surface area contributed by atoms with Gasteiger partial charge in [-0.05, 0) is 39.5 Å². The van der Waals surface area contributed by atoms with E-state index in [1.807, 2.05) is 13.8 Å². The number of hydrogen-bond acceptors (Lipinski definition) is 4. The summed E-state index contributed by atoms with van der Waals surface area (Å²) in [4.78, 5) is 40.5. The Hall–Kier alpha value is -1.89. The van der Waals surface area contributed by atoms with E-state index in [2.05, 4.69) is 0 Å². The number of piperazine rings is 1. The quantitative estimate of drug-likeness (QED) is 0.763. The van der Waals surface area contributed by atoms with Crippen LogP contribution in [0.5, 0.6) is 0 Å². The largest absolute Gasteiger partial charge is 0.481 e. The standard InChI is InChI=1S/C19H28N2O5/c1-12-10-14(15(19(24)25)11-13(12)2)17(22)20-5-7-21(8-6-20)18(23)16-4-3-9-26-16/h14-16H,3-11H2,1-2H3,(H,24,25)/t14-,15+,16-/m0/s1. The van der Waals surface area contributed by atoms with Crippen LogP contribution in [0.15, 0.2) is 11.1 Å². The Bertz CT molecular complexity index is 615. The van der Waals surface area contributed by atoms with Crippen molar-refractivity contribution in [1.29, 1.82) is 0 Å². The molecule has 0 bridgehead atoms. The zero-order chi connectivity index (χ0) is 18.8. The summed E-state index contributed by atoms with van der Waals surface area (Å²) in [6.45, 7) is 6.46. The van der Waals surface area contributed by atoms with Gasteiger partial charge in [-0.1, -0.05) is 11.1 Å². The van der Waals surface area contributed by atoms with Gasteiger partial charge in [0.1, 0.15) is 6.10 Å². The van der Waals surface area contributed by atoms with Gasteiger partial charge in [0.25, 0.3) is 5.91 Å². The molecular formula is C19H28N2O5. The average molecular weight is 364 g/mol. The number of nitrogens with zero attached hydrogens (tertiary/aromatic N) is 2. The number of hydrogen-bond donors (Lipinski definition) is 1. The first kappa shape index (κ1) is 18.9. The fraction of sp³-hybridized carbons (Fsp3) is 0.737. The van der Waals surface area contributed by atoms with Gasteiger partial charge in [0.2, 0.25) is 5.91 Å². The van der Waals surface area contributed by atoms with E-state index in [1.165, 1.54) is 0 Å². The second-order valence-electron chi connectivity index (χ2n) is 7.67. The first-order valence-corrected chi connectivity index (χ1v) is 9.45. The molecule has 1 N–H and O–H groups in total. The van der Waals surface area contributed by atoms with E-state index in [4.69, 9.17) is 4.74 Å². The third-order valence-corrected chi connectivity index (χ3v) is 6.01. The first-order chi connectivity index (χ1) is 12.4. The van der Waals surface area contributed by atoms with Gasteiger partial charge in [0.15, 0.2) is 0 Å². The molecular weight excluding hydrogens is 336 g/mol. The van der Waals surface area contributed by atoms with Gasteiger partial charge in [0, 0.05) is 32.8 Å². The summed E-state index contributed by atoms with van der Waals surface area (Å²) in [6, 6.07) is 0. The topological polar surface area (TPSA) is 87.2 Å². The number of amides is 2. The van der Waals surface area contributed by atoms with Crippen LogP contribution in [0.4, 0.5) is 0 Å². The Labute approximate surface area is 154 Å². The molecule has 0 saturated carbocycles. The monoisotopic (exact) mass is 364 g/mol. The van der Waals surface area contributed by atoms with Crippen molar-refractivity contribution < 1.29 is 24.2 Å². The van der Waals surface area contributed by atoms with Gasteiger partial charge in [0.05, 0.1) is 11.8 Å². The van der Waals surface area contributed by atoms with Gasteiger partial charge in [-0.3, -0.25) is 14.4 Å². The fourth-order valence-electron chi connectivity index (χ4n) is 4.17. The normalized spacial score (nSPS) is 29.8. The first-order valence-electron chi connectivity index (χ1n) is 9.45. The van der Waals surface area contributed by atoms with Crippen LogP contribution in [0.2, 0.25) is 0 Å². The number of carboxylic acids is 1. The van der Waals surface area contributed by atoms with E-state index >= 15 is 0 Å². The highest BCUT2D eigenvalue weighted by atomic mass is 16.5. The molecule has 0 unspecified atom stereocenters. The zero-order valence-corrected chi connectivity index (χ0v) is 15.6. The molecule has 0 aromatic carbocycles. The van der Waals surface area contributed by atoms with E-state index in [0.717, 1.165) is 24.0 Å². The highest BCUT2D eigenvalue weighted by Gasteiger charge is 2.40. The molecule has 26 heavy (non-hydrogen) atoms. The number of carbonyl (C=O) groups excluding carboxylic acids is 2. The summed E-state index contributed by atoms with van der Waals surface area (Å²) in [6.07, 6.45) is 2.30. The predicted octanol–water partition coefficient (Wildman–Crippen LogP) is 1.28. The minimum absolute atomic E-state index is 0.0186. The molecule has 3 atom stereocenters. The number of rotatable bonds is 3. The smallest absolute Gasteiger partial charge is 0.307 e. The molecule has 2 aliphatic heterocycles. The molecule has 1 aliphatic carbocycles. The maximum atomic E-state index is 13.0. The summed E-state index contributed by atoms with van der Waals surface area (Å²) in [5.74, 6) is -2.13. The molecule has 0 aromatic heterocycles. The molecule has 144 valence electrons. The van der Waals surface area contributed by atoms with Gasteiger partial charge in [-0.25, -0.2) is 0 Å². The van der Waals surface area contributed by atoms with Gasteiger partial charge < -0.3 is 19.6 Å². The maximum Gasteiger partial charge on any atom is 0.307 e. The Morgan fingerprint density at radius 3 is 1.96 bits per heavy atom. The van der Waals surface area contributed by atoms with Crippen molar-refractivity contribution in [3.63, 3.8) is 0 Å². The molecule has 0 radical (unpaired) electrons. The van der Waals surface area contributed by atoms with Crippen molar-refractivity contribution in [2.45, 2.75) is 45.6 Å². The number of allylic oxidation sites excluding steroid dienone is 2. The maximum absolute atomic E-state index is 13.0. The lowest BCUT2D eigenvalue weighted by Gasteiger charge is -2.39. The second kappa shape index (κ2) is 7.78. The molecule has 2 saturated heterocycles. The van der Waals surface area contributed by atoms with Gasteiger partial charge in [-0.2, -0.15) is 0 Å². The minimum atomic E-state index is -0.901.